The number of fused-ring (bicyclic) bond motifs is 1. The minimum atomic E-state index is -0.567. The molecule has 2 amide bonds. The molecule has 3 N–H and O–H groups in total. The number of benzene rings is 3. The minimum absolute atomic E-state index is 0.0861. The van der Waals surface area contributed by atoms with E-state index in [1.807, 2.05) is 6.07 Å². The molecular weight excluding hydrogens is 529 g/mol. The number of halogens is 2. The topological polar surface area (TPSA) is 116 Å². The number of carbonyl (C=O) groups is 1. The van der Waals surface area contributed by atoms with Crippen molar-refractivity contribution in [3.8, 4) is 11.5 Å². The fourth-order valence-electron chi connectivity index (χ4n) is 3.54. The first-order valence-electron chi connectivity index (χ1n) is 11.9. The number of ether oxygens (including phenoxy) is 4. The number of rotatable bonds is 12. The summed E-state index contributed by atoms with van der Waals surface area (Å²) in [5.74, 6) is 1.01. The summed E-state index contributed by atoms with van der Waals surface area (Å²) in [4.78, 5) is 21.2. The fraction of sp³-hybridized carbons (Fsp3) is 0.222. The lowest BCUT2D eigenvalue weighted by molar-refractivity contribution is 0.132. The Morgan fingerprint density at radius 2 is 1.51 bits per heavy atom. The summed E-state index contributed by atoms with van der Waals surface area (Å²) in [5, 5.41) is 9.24. The molecule has 1 aromatic heterocycles. The van der Waals surface area contributed by atoms with Crippen LogP contribution in [0.25, 0.3) is 10.9 Å². The van der Waals surface area contributed by atoms with Gasteiger partial charge in [-0.25, -0.2) is 19.2 Å². The maximum atomic E-state index is 13.4. The Balaban J connectivity index is 1.52. The second-order valence-corrected chi connectivity index (χ2v) is 8.54. The van der Waals surface area contributed by atoms with Crippen LogP contribution in [-0.4, -0.2) is 56.6 Å². The molecule has 0 unspecified atom stereocenters. The number of urea groups is 1. The molecule has 0 saturated carbocycles. The van der Waals surface area contributed by atoms with Crippen molar-refractivity contribution < 1.29 is 28.1 Å². The Hall–Kier alpha value is -4.19. The Morgan fingerprint density at radius 3 is 2.21 bits per heavy atom. The zero-order valence-electron chi connectivity index (χ0n) is 21.3. The van der Waals surface area contributed by atoms with Crippen LogP contribution in [0.2, 0.25) is 5.02 Å². The molecule has 3 aromatic carbocycles. The van der Waals surface area contributed by atoms with Crippen LogP contribution in [-0.2, 0) is 9.47 Å². The van der Waals surface area contributed by atoms with Crippen molar-refractivity contribution in [2.45, 2.75) is 0 Å². The average molecular weight is 556 g/mol. The number of hydrogen-bond acceptors (Lipinski definition) is 8. The summed E-state index contributed by atoms with van der Waals surface area (Å²) in [6.07, 6.45) is 1.44. The quantitative estimate of drug-likeness (QED) is 0.186. The summed E-state index contributed by atoms with van der Waals surface area (Å²) in [5.41, 5.74) is 2.18. The zero-order valence-corrected chi connectivity index (χ0v) is 22.0. The Morgan fingerprint density at radius 1 is 0.846 bits per heavy atom. The van der Waals surface area contributed by atoms with E-state index in [4.69, 9.17) is 30.5 Å². The molecule has 0 fully saturated rings. The number of hydrogen-bond donors (Lipinski definition) is 3. The molecule has 1 heterocycles. The van der Waals surface area contributed by atoms with E-state index in [2.05, 4.69) is 25.9 Å². The van der Waals surface area contributed by atoms with Gasteiger partial charge in [0.15, 0.2) is 11.5 Å². The number of methoxy groups -OCH3 is 2. The molecule has 204 valence electrons. The summed E-state index contributed by atoms with van der Waals surface area (Å²) < 4.78 is 35.3. The lowest BCUT2D eigenvalue weighted by Crippen LogP contribution is -2.19. The van der Waals surface area contributed by atoms with Crippen LogP contribution in [0.1, 0.15) is 0 Å². The monoisotopic (exact) mass is 555 g/mol. The molecule has 0 saturated heterocycles. The third-order valence-electron chi connectivity index (χ3n) is 5.35. The molecule has 4 aromatic rings. The summed E-state index contributed by atoms with van der Waals surface area (Å²) >= 11 is 5.78. The van der Waals surface area contributed by atoms with Gasteiger partial charge in [0.2, 0.25) is 0 Å². The number of aromatic nitrogens is 2. The van der Waals surface area contributed by atoms with Crippen molar-refractivity contribution in [3.63, 3.8) is 0 Å². The molecule has 0 aliphatic heterocycles. The third-order valence-corrected chi connectivity index (χ3v) is 5.64. The van der Waals surface area contributed by atoms with Crippen molar-refractivity contribution in [1.29, 1.82) is 0 Å². The van der Waals surface area contributed by atoms with Gasteiger partial charge in [0.1, 0.15) is 31.2 Å². The molecule has 0 aliphatic carbocycles. The highest BCUT2D eigenvalue weighted by atomic mass is 35.5. The van der Waals surface area contributed by atoms with Gasteiger partial charge in [-0.2, -0.15) is 0 Å². The first-order chi connectivity index (χ1) is 19.0. The maximum Gasteiger partial charge on any atom is 0.323 e. The number of anilines is 4. The van der Waals surface area contributed by atoms with E-state index in [1.54, 1.807) is 44.6 Å². The molecule has 0 spiro atoms. The number of nitrogens with one attached hydrogen (secondary N) is 3. The molecule has 0 atom stereocenters. The fourth-order valence-corrected chi connectivity index (χ4v) is 3.72. The van der Waals surface area contributed by atoms with E-state index in [9.17, 15) is 9.18 Å². The predicted octanol–water partition coefficient (Wildman–Crippen LogP) is 5.86. The van der Waals surface area contributed by atoms with Crippen LogP contribution >= 0.6 is 11.6 Å². The second kappa shape index (κ2) is 13.6. The van der Waals surface area contributed by atoms with Crippen LogP contribution in [0, 0.1) is 5.82 Å². The maximum absolute atomic E-state index is 13.4. The normalized spacial score (nSPS) is 10.8. The molecule has 10 nitrogen and oxygen atoms in total. The molecule has 4 rings (SSSR count). The molecule has 39 heavy (non-hydrogen) atoms. The molecule has 0 bridgehead atoms. The van der Waals surface area contributed by atoms with Gasteiger partial charge in [-0.05, 0) is 42.5 Å². The van der Waals surface area contributed by atoms with Gasteiger partial charge in [-0.3, -0.25) is 0 Å². The highest BCUT2D eigenvalue weighted by Gasteiger charge is 2.13. The summed E-state index contributed by atoms with van der Waals surface area (Å²) in [6.45, 7) is 1.51. The average Bonchev–Trinajstić information content (AvgIpc) is 2.91. The second-order valence-electron chi connectivity index (χ2n) is 8.13. The standard InChI is InChI=1S/C27H27ClFN5O5/c1-36-8-10-38-24-14-20-23(15-25(24)39-11-9-37-2)30-16-31-26(20)32-17-4-3-5-18(12-17)33-27(35)34-19-6-7-22(29)21(28)13-19/h3-7,12-16H,8-11H2,1-2H3,(H,30,31,32)(H2,33,34,35). The van der Waals surface area contributed by atoms with Gasteiger partial charge >= 0.3 is 6.03 Å². The Labute approximate surface area is 229 Å². The molecular formula is C27H27ClFN5O5. The van der Waals surface area contributed by atoms with Gasteiger partial charge in [-0.15, -0.1) is 0 Å². The van der Waals surface area contributed by atoms with Crippen molar-refractivity contribution in [1.82, 2.24) is 9.97 Å². The van der Waals surface area contributed by atoms with Crippen molar-refractivity contribution in [3.05, 3.63) is 71.8 Å². The lowest BCUT2D eigenvalue weighted by atomic mass is 10.2. The van der Waals surface area contributed by atoms with E-state index >= 15 is 0 Å². The summed E-state index contributed by atoms with van der Waals surface area (Å²) in [6, 6.07) is 14.1. The SMILES string of the molecule is COCCOc1cc2ncnc(Nc3cccc(NC(=O)Nc4ccc(F)c(Cl)c4)c3)c2cc1OCCOC. The van der Waals surface area contributed by atoms with Crippen LogP contribution < -0.4 is 25.4 Å². The van der Waals surface area contributed by atoms with Gasteiger partial charge in [0, 0.05) is 42.7 Å². The number of carbonyl (C=O) groups excluding carboxylic acids is 1. The van der Waals surface area contributed by atoms with Gasteiger partial charge < -0.3 is 34.9 Å². The van der Waals surface area contributed by atoms with Gasteiger partial charge in [0.25, 0.3) is 0 Å². The van der Waals surface area contributed by atoms with E-state index < -0.39 is 11.8 Å². The van der Waals surface area contributed by atoms with E-state index in [0.29, 0.717) is 71.7 Å². The minimum Gasteiger partial charge on any atom is -0.487 e. The van der Waals surface area contributed by atoms with Crippen LogP contribution in [0.3, 0.4) is 0 Å². The predicted molar refractivity (Wildman–Crippen MR) is 148 cm³/mol. The van der Waals surface area contributed by atoms with Crippen molar-refractivity contribution >= 4 is 51.4 Å². The first-order valence-corrected chi connectivity index (χ1v) is 12.3. The Kier molecular flexibility index (Phi) is 9.68. The number of amides is 2. The molecule has 0 aliphatic rings. The van der Waals surface area contributed by atoms with E-state index in [1.165, 1.54) is 24.5 Å². The van der Waals surface area contributed by atoms with Gasteiger partial charge in [0.05, 0.1) is 23.8 Å². The highest BCUT2D eigenvalue weighted by Crippen LogP contribution is 2.35. The van der Waals surface area contributed by atoms with Crippen LogP contribution in [0.15, 0.2) is 60.9 Å². The smallest absolute Gasteiger partial charge is 0.323 e. The van der Waals surface area contributed by atoms with Crippen molar-refractivity contribution in [2.75, 3.05) is 56.6 Å². The van der Waals surface area contributed by atoms with E-state index in [0.717, 1.165) is 0 Å². The largest absolute Gasteiger partial charge is 0.487 e. The molecule has 0 radical (unpaired) electrons. The van der Waals surface area contributed by atoms with E-state index in [-0.39, 0.29) is 5.02 Å². The Bertz CT molecular complexity index is 1440. The summed E-state index contributed by atoms with van der Waals surface area (Å²) in [7, 11) is 3.20. The third kappa shape index (κ3) is 7.66. The first kappa shape index (κ1) is 27.8. The zero-order chi connectivity index (χ0) is 27.6. The number of nitrogens with zero attached hydrogens (tertiary/aromatic N) is 2. The lowest BCUT2D eigenvalue weighted by Gasteiger charge is -2.15. The highest BCUT2D eigenvalue weighted by molar-refractivity contribution is 6.31. The van der Waals surface area contributed by atoms with Crippen LogP contribution in [0.4, 0.5) is 32.1 Å². The van der Waals surface area contributed by atoms with Gasteiger partial charge in [-0.1, -0.05) is 17.7 Å². The molecule has 12 heteroatoms. The van der Waals surface area contributed by atoms with Crippen molar-refractivity contribution in [2.24, 2.45) is 0 Å². The van der Waals surface area contributed by atoms with Crippen LogP contribution in [0.5, 0.6) is 11.5 Å².